The van der Waals surface area contributed by atoms with E-state index >= 15 is 4.39 Å². The third-order valence-electron chi connectivity index (χ3n) is 6.14. The van der Waals surface area contributed by atoms with Crippen LogP contribution in [-0.4, -0.2) is 51.5 Å². The first-order valence-electron chi connectivity index (χ1n) is 9.82. The minimum absolute atomic E-state index is 0.131. The quantitative estimate of drug-likeness (QED) is 0.528. The third-order valence-corrected chi connectivity index (χ3v) is 7.89. The number of hydrogen-bond donors (Lipinski definition) is 1. The van der Waals surface area contributed by atoms with Crippen LogP contribution in [0.4, 0.5) is 24.7 Å². The monoisotopic (exact) mass is 474 g/mol. The van der Waals surface area contributed by atoms with Crippen molar-refractivity contribution in [3.8, 4) is 0 Å². The number of aromatic nitrogens is 1. The normalized spacial score (nSPS) is 23.5. The number of nitrogens with one attached hydrogen (secondary N) is 1. The molecule has 0 amide bonds. The molecular formula is C20H22ClF3N4O2S. The van der Waals surface area contributed by atoms with Gasteiger partial charge in [0, 0.05) is 25.2 Å². The molecule has 31 heavy (non-hydrogen) atoms. The molecule has 1 aromatic carbocycles. The second-order valence-electron chi connectivity index (χ2n) is 8.22. The van der Waals surface area contributed by atoms with Crippen LogP contribution in [0.5, 0.6) is 0 Å². The Morgan fingerprint density at radius 2 is 1.94 bits per heavy atom. The Balaban J connectivity index is 1.64. The van der Waals surface area contributed by atoms with Crippen molar-refractivity contribution in [3.63, 3.8) is 0 Å². The predicted octanol–water partition coefficient (Wildman–Crippen LogP) is 3.73. The lowest BCUT2D eigenvalue weighted by molar-refractivity contribution is 0.237. The highest BCUT2D eigenvalue weighted by atomic mass is 35.5. The molecule has 11 heteroatoms. The van der Waals surface area contributed by atoms with Crippen molar-refractivity contribution in [2.45, 2.75) is 23.8 Å². The van der Waals surface area contributed by atoms with Crippen molar-refractivity contribution in [3.05, 3.63) is 46.9 Å². The molecule has 1 saturated carbocycles. The van der Waals surface area contributed by atoms with E-state index in [9.17, 15) is 17.2 Å². The highest BCUT2D eigenvalue weighted by molar-refractivity contribution is 7.92. The van der Waals surface area contributed by atoms with Crippen LogP contribution in [0.15, 0.2) is 29.2 Å². The maximum absolute atomic E-state index is 15.0. The van der Waals surface area contributed by atoms with Gasteiger partial charge in [-0.15, -0.1) is 0 Å². The average molecular weight is 475 g/mol. The molecule has 6 nitrogen and oxygen atoms in total. The molecule has 2 heterocycles. The number of anilines is 2. The van der Waals surface area contributed by atoms with Crippen LogP contribution < -0.4 is 9.62 Å². The number of halogens is 4. The summed E-state index contributed by atoms with van der Waals surface area (Å²) in [4.78, 5) is 6.11. The molecular weight excluding hydrogens is 453 g/mol. The lowest BCUT2D eigenvalue weighted by Crippen LogP contribution is -2.35. The first kappa shape index (κ1) is 22.2. The van der Waals surface area contributed by atoms with Gasteiger partial charge in [-0.05, 0) is 50.9 Å². The van der Waals surface area contributed by atoms with Crippen molar-refractivity contribution < 1.29 is 21.6 Å². The Bertz CT molecular complexity index is 1120. The molecule has 168 valence electrons. The Hall–Kier alpha value is -2.04. The van der Waals surface area contributed by atoms with Crippen molar-refractivity contribution in [2.75, 3.05) is 36.8 Å². The zero-order valence-corrected chi connectivity index (χ0v) is 18.5. The molecule has 1 aliphatic heterocycles. The average Bonchev–Trinajstić information content (AvgIpc) is 3.24. The maximum Gasteiger partial charge on any atom is 0.268 e. The SMILES string of the molecule is CN(C)[C@H]1CC[C@H]2CN(c3cc(F)c(S(=O)(=O)Nc4cccc(F)n4)c(F)c3Cl)C[C@H]21. The molecule has 1 aliphatic carbocycles. The fourth-order valence-corrected chi connectivity index (χ4v) is 6.24. The summed E-state index contributed by atoms with van der Waals surface area (Å²) >= 11 is 6.18. The van der Waals surface area contributed by atoms with E-state index in [4.69, 9.17) is 11.6 Å². The van der Waals surface area contributed by atoms with Gasteiger partial charge >= 0.3 is 0 Å². The van der Waals surface area contributed by atoms with Gasteiger partial charge in [-0.3, -0.25) is 4.72 Å². The highest BCUT2D eigenvalue weighted by Crippen LogP contribution is 2.44. The van der Waals surface area contributed by atoms with Gasteiger partial charge in [0.05, 0.1) is 5.69 Å². The van der Waals surface area contributed by atoms with E-state index in [1.165, 1.54) is 6.07 Å². The minimum Gasteiger partial charge on any atom is -0.370 e. The molecule has 1 saturated heterocycles. The number of sulfonamides is 1. The minimum atomic E-state index is -4.73. The lowest BCUT2D eigenvalue weighted by Gasteiger charge is -2.27. The summed E-state index contributed by atoms with van der Waals surface area (Å²) in [7, 11) is -0.696. The van der Waals surface area contributed by atoms with Crippen LogP contribution in [0.25, 0.3) is 0 Å². The van der Waals surface area contributed by atoms with E-state index in [0.717, 1.165) is 31.0 Å². The molecule has 0 unspecified atom stereocenters. The largest absolute Gasteiger partial charge is 0.370 e. The second kappa shape index (κ2) is 8.14. The number of nitrogens with zero attached hydrogens (tertiary/aromatic N) is 3. The zero-order chi connectivity index (χ0) is 22.5. The summed E-state index contributed by atoms with van der Waals surface area (Å²) in [5.74, 6) is -3.27. The summed E-state index contributed by atoms with van der Waals surface area (Å²) in [6, 6.07) is 4.72. The molecule has 2 aromatic rings. The standard InChI is InChI=1S/C20H22ClF3N4O2S/c1-27(2)14-7-6-11-9-28(10-12(11)14)15-8-13(22)20(19(24)18(15)21)31(29,30)26-17-5-3-4-16(23)25-17/h3-5,8,11-12,14H,6-7,9-10H2,1-2H3,(H,25,26)/t11-,12+,14-/m0/s1. The lowest BCUT2D eigenvalue weighted by atomic mass is 9.97. The molecule has 4 rings (SSSR count). The topological polar surface area (TPSA) is 65.5 Å². The predicted molar refractivity (Wildman–Crippen MR) is 112 cm³/mol. The molecule has 2 aliphatic rings. The second-order valence-corrected chi connectivity index (χ2v) is 10.2. The number of benzene rings is 1. The maximum atomic E-state index is 15.0. The summed E-state index contributed by atoms with van der Waals surface area (Å²) in [5, 5.41) is -0.463. The molecule has 0 radical (unpaired) electrons. The number of hydrogen-bond acceptors (Lipinski definition) is 5. The van der Waals surface area contributed by atoms with Crippen LogP contribution in [0.2, 0.25) is 5.02 Å². The summed E-state index contributed by atoms with van der Waals surface area (Å²) in [6.07, 6.45) is 2.09. The Morgan fingerprint density at radius 3 is 2.61 bits per heavy atom. The van der Waals surface area contributed by atoms with E-state index in [2.05, 4.69) is 9.88 Å². The Labute approximate surface area is 184 Å². The molecule has 2 fully saturated rings. The Morgan fingerprint density at radius 1 is 1.19 bits per heavy atom. The van der Waals surface area contributed by atoms with Gasteiger partial charge in [0.1, 0.15) is 16.7 Å². The molecule has 3 atom stereocenters. The molecule has 1 aromatic heterocycles. The third kappa shape index (κ3) is 4.08. The molecule has 0 spiro atoms. The molecule has 1 N–H and O–H groups in total. The Kier molecular flexibility index (Phi) is 5.82. The zero-order valence-electron chi connectivity index (χ0n) is 16.9. The van der Waals surface area contributed by atoms with E-state index in [-0.39, 0.29) is 5.69 Å². The number of fused-ring (bicyclic) bond motifs is 1. The van der Waals surface area contributed by atoms with Crippen LogP contribution >= 0.6 is 11.6 Å². The van der Waals surface area contributed by atoms with Gasteiger partial charge in [-0.2, -0.15) is 4.39 Å². The van der Waals surface area contributed by atoms with Crippen molar-refractivity contribution >= 4 is 33.1 Å². The van der Waals surface area contributed by atoms with Gasteiger partial charge in [0.15, 0.2) is 10.7 Å². The van der Waals surface area contributed by atoms with Gasteiger partial charge < -0.3 is 9.80 Å². The van der Waals surface area contributed by atoms with Crippen LogP contribution in [0.1, 0.15) is 12.8 Å². The highest BCUT2D eigenvalue weighted by Gasteiger charge is 2.44. The fraction of sp³-hybridized carbons (Fsp3) is 0.450. The number of pyridine rings is 1. The van der Waals surface area contributed by atoms with Crippen LogP contribution in [0.3, 0.4) is 0 Å². The first-order valence-corrected chi connectivity index (χ1v) is 11.7. The van der Waals surface area contributed by atoms with E-state index in [1.54, 1.807) is 0 Å². The number of rotatable bonds is 5. The summed E-state index contributed by atoms with van der Waals surface area (Å²) in [6.45, 7) is 1.19. The van der Waals surface area contributed by atoms with Crippen LogP contribution in [0, 0.1) is 29.4 Å². The smallest absolute Gasteiger partial charge is 0.268 e. The van der Waals surface area contributed by atoms with E-state index in [0.29, 0.717) is 31.0 Å². The van der Waals surface area contributed by atoms with Crippen molar-refractivity contribution in [1.82, 2.24) is 9.88 Å². The van der Waals surface area contributed by atoms with Crippen molar-refractivity contribution in [1.29, 1.82) is 0 Å². The van der Waals surface area contributed by atoms with Gasteiger partial charge in [0.25, 0.3) is 10.0 Å². The van der Waals surface area contributed by atoms with E-state index < -0.39 is 43.3 Å². The van der Waals surface area contributed by atoms with E-state index in [1.807, 2.05) is 23.7 Å². The fourth-order valence-electron chi connectivity index (χ4n) is 4.77. The van der Waals surface area contributed by atoms with Crippen LogP contribution in [-0.2, 0) is 10.0 Å². The van der Waals surface area contributed by atoms with Crippen molar-refractivity contribution in [2.24, 2.45) is 11.8 Å². The van der Waals surface area contributed by atoms with Gasteiger partial charge in [-0.1, -0.05) is 17.7 Å². The summed E-state index contributed by atoms with van der Waals surface area (Å²) < 4.78 is 70.2. The first-order chi connectivity index (χ1) is 14.6. The summed E-state index contributed by atoms with van der Waals surface area (Å²) in [5.41, 5.74) is 0.131. The van der Waals surface area contributed by atoms with Gasteiger partial charge in [0.2, 0.25) is 5.95 Å². The van der Waals surface area contributed by atoms with Gasteiger partial charge in [-0.25, -0.2) is 22.2 Å². The molecule has 0 bridgehead atoms.